The van der Waals surface area contributed by atoms with E-state index in [1.54, 1.807) is 11.3 Å². The van der Waals surface area contributed by atoms with Crippen LogP contribution in [-0.4, -0.2) is 37.1 Å². The summed E-state index contributed by atoms with van der Waals surface area (Å²) in [6.45, 7) is 0. The number of carboxylic acid groups (broad SMARTS) is 1. The van der Waals surface area contributed by atoms with E-state index in [2.05, 4.69) is 20.9 Å². The topological polar surface area (TPSA) is 50.2 Å². The number of halogens is 1. The molecule has 0 saturated heterocycles. The minimum absolute atomic E-state index is 0.227. The number of alkyl halides is 1. The Balaban J connectivity index is 2.19. The molecule has 1 aromatic heterocycles. The number of benzene rings is 1. The van der Waals surface area contributed by atoms with Gasteiger partial charge in [0.25, 0.3) is 0 Å². The summed E-state index contributed by atoms with van der Waals surface area (Å²) in [5, 5.41) is 9.86. The first-order valence-electron chi connectivity index (χ1n) is 5.11. The molecule has 6 heteroatoms. The number of hydrogen-bond donors (Lipinski definition) is 1. The number of thiazole rings is 1. The maximum atomic E-state index is 11.1. The Labute approximate surface area is 118 Å². The van der Waals surface area contributed by atoms with Crippen molar-refractivity contribution in [2.75, 3.05) is 5.33 Å². The van der Waals surface area contributed by atoms with E-state index in [4.69, 9.17) is 5.11 Å². The van der Waals surface area contributed by atoms with Crippen LogP contribution in [0.5, 0.6) is 0 Å². The maximum absolute atomic E-state index is 11.1. The molecule has 1 heterocycles. The Bertz CT molecular complexity index is 498. The van der Waals surface area contributed by atoms with Gasteiger partial charge in [0, 0.05) is 0 Å². The van der Waals surface area contributed by atoms with Crippen molar-refractivity contribution < 1.29 is 9.90 Å². The molecule has 0 fully saturated rings. The molecule has 0 radical (unpaired) electrons. The van der Waals surface area contributed by atoms with Crippen molar-refractivity contribution in [2.45, 2.75) is 11.1 Å². The summed E-state index contributed by atoms with van der Waals surface area (Å²) in [7, 11) is 0. The van der Waals surface area contributed by atoms with Gasteiger partial charge >= 0.3 is 119 Å². The number of rotatable bonds is 5. The molecule has 0 aliphatic heterocycles. The van der Waals surface area contributed by atoms with E-state index >= 15 is 0 Å². The summed E-state index contributed by atoms with van der Waals surface area (Å²) < 4.78 is 1.95. The molecule has 1 unspecified atom stereocenters. The number of fused-ring (bicyclic) bond motifs is 1. The summed E-state index contributed by atoms with van der Waals surface area (Å²) in [5.74, 6) is -0.691. The van der Waals surface area contributed by atoms with Gasteiger partial charge in [-0.1, -0.05) is 0 Å². The van der Waals surface area contributed by atoms with Gasteiger partial charge in [-0.15, -0.1) is 0 Å². The number of nitrogens with zero attached hydrogens (tertiary/aromatic N) is 1. The van der Waals surface area contributed by atoms with E-state index in [9.17, 15) is 4.79 Å². The molecule has 0 spiro atoms. The molecule has 1 N–H and O–H groups in total. The first kappa shape index (κ1) is 13.1. The molecule has 2 aromatic rings. The molecule has 2 atom stereocenters. The van der Waals surface area contributed by atoms with Crippen molar-refractivity contribution >= 4 is 63.0 Å². The van der Waals surface area contributed by atoms with Crippen LogP contribution in [0.15, 0.2) is 24.3 Å². The standard InChI is InChI=1S/C11H11AsBrNO2S/c13-6-5-7(10(15)16)12-11-14-8-3-1-2-4-9(8)17-11/h1-4,7,12H,5-6H2,(H,15,16)/t7-/m0/s1. The number of aliphatic carboxylic acids is 1. The molecule has 17 heavy (non-hydrogen) atoms. The Hall–Kier alpha value is -0.382. The van der Waals surface area contributed by atoms with E-state index in [0.717, 1.165) is 19.3 Å². The van der Waals surface area contributed by atoms with E-state index < -0.39 is 21.7 Å². The van der Waals surface area contributed by atoms with E-state index in [-0.39, 0.29) is 4.71 Å². The first-order chi connectivity index (χ1) is 8.20. The van der Waals surface area contributed by atoms with Gasteiger partial charge in [-0.3, -0.25) is 0 Å². The summed E-state index contributed by atoms with van der Waals surface area (Å²) in [6, 6.07) is 7.95. The van der Waals surface area contributed by atoms with Gasteiger partial charge in [-0.05, 0) is 0 Å². The fourth-order valence-corrected chi connectivity index (χ4v) is 7.25. The fraction of sp³-hybridized carbons (Fsp3) is 0.273. The van der Waals surface area contributed by atoms with Gasteiger partial charge in [-0.25, -0.2) is 0 Å². The van der Waals surface area contributed by atoms with Crippen LogP contribution in [-0.2, 0) is 4.79 Å². The van der Waals surface area contributed by atoms with Crippen molar-refractivity contribution in [3.63, 3.8) is 0 Å². The summed E-state index contributed by atoms with van der Waals surface area (Å²) in [4.78, 5) is 15.6. The Morgan fingerprint density at radius 1 is 1.53 bits per heavy atom. The Kier molecular flexibility index (Phi) is 4.60. The molecule has 3 nitrogen and oxygen atoms in total. The predicted octanol–water partition coefficient (Wildman–Crippen LogP) is 2.02. The molecule has 0 amide bonds. The molecule has 0 aliphatic rings. The zero-order valence-corrected chi connectivity index (χ0v) is 13.4. The molecule has 1 aromatic carbocycles. The number of hydrogen-bond acceptors (Lipinski definition) is 3. The average Bonchev–Trinajstić information content (AvgIpc) is 2.70. The summed E-state index contributed by atoms with van der Waals surface area (Å²) in [5.41, 5.74) is 0.985. The molecule has 2 rings (SSSR count). The second-order valence-electron chi connectivity index (χ2n) is 3.50. The van der Waals surface area contributed by atoms with Gasteiger partial charge in [-0.2, -0.15) is 0 Å². The first-order valence-corrected chi connectivity index (χ1v) is 9.31. The molecule has 0 saturated carbocycles. The van der Waals surface area contributed by atoms with Crippen LogP contribution >= 0.6 is 27.3 Å². The van der Waals surface area contributed by atoms with Gasteiger partial charge in [0.05, 0.1) is 0 Å². The fourth-order valence-electron chi connectivity index (χ4n) is 1.45. The second-order valence-corrected chi connectivity index (χ2v) is 9.15. The Morgan fingerprint density at radius 2 is 2.29 bits per heavy atom. The third kappa shape index (κ3) is 3.30. The van der Waals surface area contributed by atoms with Gasteiger partial charge < -0.3 is 0 Å². The van der Waals surface area contributed by atoms with E-state index in [0.29, 0.717) is 6.42 Å². The number of carbonyl (C=O) groups is 1. The van der Waals surface area contributed by atoms with Crippen molar-refractivity contribution in [2.24, 2.45) is 0 Å². The summed E-state index contributed by atoms with van der Waals surface area (Å²) in [6.07, 6.45) is 0.686. The molecular formula is C11H11AsBrNO2S. The van der Waals surface area contributed by atoms with Gasteiger partial charge in [0.15, 0.2) is 0 Å². The normalized spacial score (nSPS) is 13.5. The van der Waals surface area contributed by atoms with Crippen LogP contribution < -0.4 is 3.80 Å². The van der Waals surface area contributed by atoms with Gasteiger partial charge in [0.2, 0.25) is 0 Å². The quantitative estimate of drug-likeness (QED) is 0.642. The number of aromatic nitrogens is 1. The zero-order valence-electron chi connectivity index (χ0n) is 8.89. The van der Waals surface area contributed by atoms with Crippen molar-refractivity contribution in [1.29, 1.82) is 0 Å². The average molecular weight is 376 g/mol. The summed E-state index contributed by atoms with van der Waals surface area (Å²) >= 11 is 4.24. The SMILES string of the molecule is O=C(O)[C@H](CCBr)[AsH]c1nc2ccccc2s1. The van der Waals surface area contributed by atoms with Crippen LogP contribution in [0.2, 0.25) is 4.71 Å². The molecule has 0 bridgehead atoms. The monoisotopic (exact) mass is 375 g/mol. The van der Waals surface area contributed by atoms with Gasteiger partial charge in [0.1, 0.15) is 0 Å². The van der Waals surface area contributed by atoms with Crippen LogP contribution in [0.1, 0.15) is 6.42 Å². The molecular weight excluding hydrogens is 365 g/mol. The minimum atomic E-state index is -0.702. The van der Waals surface area contributed by atoms with Crippen molar-refractivity contribution in [1.82, 2.24) is 4.98 Å². The third-order valence-corrected chi connectivity index (χ3v) is 7.46. The molecule has 90 valence electrons. The van der Waals surface area contributed by atoms with Crippen LogP contribution in [0, 0.1) is 0 Å². The number of para-hydroxylation sites is 1. The number of carboxylic acids is 1. The molecule has 0 aliphatic carbocycles. The van der Waals surface area contributed by atoms with Crippen LogP contribution in [0.25, 0.3) is 10.2 Å². The van der Waals surface area contributed by atoms with Crippen LogP contribution in [0.3, 0.4) is 0 Å². The predicted molar refractivity (Wildman–Crippen MR) is 76.2 cm³/mol. The zero-order chi connectivity index (χ0) is 12.3. The third-order valence-electron chi connectivity index (χ3n) is 2.29. The van der Waals surface area contributed by atoms with Crippen molar-refractivity contribution in [3.05, 3.63) is 24.3 Å². The van der Waals surface area contributed by atoms with Crippen molar-refractivity contribution in [3.8, 4) is 0 Å². The second kappa shape index (κ2) is 5.98. The van der Waals surface area contributed by atoms with E-state index in [1.165, 1.54) is 0 Å². The van der Waals surface area contributed by atoms with E-state index in [1.807, 2.05) is 24.3 Å². The Morgan fingerprint density at radius 3 is 2.94 bits per heavy atom. The van der Waals surface area contributed by atoms with Crippen LogP contribution in [0.4, 0.5) is 0 Å².